The maximum Gasteiger partial charge on any atom is 0.398 e. The van der Waals surface area contributed by atoms with E-state index in [1.807, 2.05) is 18.2 Å². The van der Waals surface area contributed by atoms with Gasteiger partial charge in [-0.3, -0.25) is 0 Å². The molecule has 4 rings (SSSR count). The van der Waals surface area contributed by atoms with Crippen LogP contribution in [0.2, 0.25) is 5.02 Å². The lowest BCUT2D eigenvalue weighted by atomic mass is 9.94. The monoisotopic (exact) mass is 392 g/mol. The summed E-state index contributed by atoms with van der Waals surface area (Å²) >= 11 is 6.19. The molecule has 3 nitrogen and oxygen atoms in total. The molecular weight excluding hydrogens is 377 g/mol. The average molecular weight is 393 g/mol. The maximum absolute atomic E-state index is 13.4. The molecule has 0 bridgehead atoms. The van der Waals surface area contributed by atoms with Gasteiger partial charge in [0.15, 0.2) is 0 Å². The van der Waals surface area contributed by atoms with Crippen LogP contribution in [0.25, 0.3) is 10.9 Å². The third kappa shape index (κ3) is 3.08. The van der Waals surface area contributed by atoms with E-state index in [1.54, 1.807) is 18.2 Å². The number of rotatable bonds is 4. The minimum absolute atomic E-state index is 0.108. The summed E-state index contributed by atoms with van der Waals surface area (Å²) in [7, 11) is 1.43. The van der Waals surface area contributed by atoms with E-state index in [0.717, 1.165) is 5.39 Å². The highest BCUT2D eigenvalue weighted by Gasteiger charge is 2.64. The molecule has 0 amide bonds. The number of pyridine rings is 1. The Morgan fingerprint density at radius 2 is 1.89 bits per heavy atom. The van der Waals surface area contributed by atoms with Crippen LogP contribution in [0.3, 0.4) is 0 Å². The van der Waals surface area contributed by atoms with Crippen molar-refractivity contribution in [1.82, 2.24) is 4.98 Å². The Bertz CT molecular complexity index is 1020. The van der Waals surface area contributed by atoms with Crippen LogP contribution in [0.1, 0.15) is 18.4 Å². The Kier molecular flexibility index (Phi) is 4.18. The van der Waals surface area contributed by atoms with Gasteiger partial charge in [0.1, 0.15) is 11.6 Å². The summed E-state index contributed by atoms with van der Waals surface area (Å²) in [5.74, 6) is 0.864. The molecule has 27 heavy (non-hydrogen) atoms. The van der Waals surface area contributed by atoms with Gasteiger partial charge in [-0.2, -0.15) is 13.2 Å². The molecule has 0 aliphatic heterocycles. The second-order valence-electron chi connectivity index (χ2n) is 6.63. The number of hydrogen-bond donors (Lipinski definition) is 1. The molecule has 1 heterocycles. The van der Waals surface area contributed by atoms with E-state index in [2.05, 4.69) is 10.3 Å². The molecule has 1 fully saturated rings. The Hall–Kier alpha value is -2.47. The first-order valence-corrected chi connectivity index (χ1v) is 8.79. The fourth-order valence-electron chi connectivity index (χ4n) is 3.27. The number of fused-ring (bicyclic) bond motifs is 1. The van der Waals surface area contributed by atoms with Crippen LogP contribution >= 0.6 is 11.6 Å². The Balaban J connectivity index is 1.68. The van der Waals surface area contributed by atoms with Gasteiger partial charge in [0.25, 0.3) is 0 Å². The first kappa shape index (κ1) is 17.9. The highest BCUT2D eigenvalue weighted by molar-refractivity contribution is 6.35. The lowest BCUT2D eigenvalue weighted by Gasteiger charge is -2.21. The molecule has 3 aromatic rings. The number of alkyl halides is 3. The van der Waals surface area contributed by atoms with Crippen molar-refractivity contribution in [3.05, 3.63) is 59.1 Å². The fourth-order valence-corrected chi connectivity index (χ4v) is 3.50. The molecule has 1 aromatic heterocycles. The molecule has 0 radical (unpaired) electrons. The van der Waals surface area contributed by atoms with Crippen molar-refractivity contribution in [1.29, 1.82) is 0 Å². The third-order valence-corrected chi connectivity index (χ3v) is 5.29. The fraction of sp³-hybridized carbons (Fsp3) is 0.250. The minimum atomic E-state index is -4.26. The minimum Gasteiger partial charge on any atom is -0.495 e. The van der Waals surface area contributed by atoms with Crippen LogP contribution in [0.5, 0.6) is 5.75 Å². The van der Waals surface area contributed by atoms with Gasteiger partial charge < -0.3 is 10.1 Å². The van der Waals surface area contributed by atoms with Crippen LogP contribution in [-0.4, -0.2) is 18.3 Å². The third-order valence-electron chi connectivity index (χ3n) is 4.98. The Morgan fingerprint density at radius 1 is 1.11 bits per heavy atom. The number of hydrogen-bond acceptors (Lipinski definition) is 3. The topological polar surface area (TPSA) is 34.1 Å². The quantitative estimate of drug-likeness (QED) is 0.571. The second-order valence-corrected chi connectivity index (χ2v) is 7.04. The smallest absolute Gasteiger partial charge is 0.398 e. The first-order chi connectivity index (χ1) is 12.8. The van der Waals surface area contributed by atoms with Gasteiger partial charge in [-0.15, -0.1) is 0 Å². The molecule has 1 saturated carbocycles. The highest BCUT2D eigenvalue weighted by Crippen LogP contribution is 2.59. The lowest BCUT2D eigenvalue weighted by Crippen LogP contribution is -2.28. The molecule has 0 atom stereocenters. The van der Waals surface area contributed by atoms with Crippen molar-refractivity contribution in [2.24, 2.45) is 0 Å². The number of ether oxygens (including phenoxy) is 1. The zero-order chi connectivity index (χ0) is 19.2. The van der Waals surface area contributed by atoms with Gasteiger partial charge in [0.2, 0.25) is 0 Å². The number of aromatic nitrogens is 1. The van der Waals surface area contributed by atoms with E-state index in [4.69, 9.17) is 16.3 Å². The average Bonchev–Trinajstić information content (AvgIpc) is 3.45. The summed E-state index contributed by atoms with van der Waals surface area (Å²) < 4.78 is 45.4. The van der Waals surface area contributed by atoms with Crippen molar-refractivity contribution in [3.8, 4) is 5.75 Å². The standard InChI is InChI=1S/C20H16ClF3N2O/c1-27-16-11-13(19(9-10-19)20(22,23)24)6-7-15(16)25-17-8-5-12-3-2-4-14(21)18(12)26-17/h2-8,11H,9-10H2,1H3,(H,25,26). The predicted molar refractivity (Wildman–Crippen MR) is 100.0 cm³/mol. The number of methoxy groups -OCH3 is 1. The first-order valence-electron chi connectivity index (χ1n) is 8.42. The largest absolute Gasteiger partial charge is 0.495 e. The van der Waals surface area contributed by atoms with E-state index in [1.165, 1.54) is 19.2 Å². The molecule has 7 heteroatoms. The summed E-state index contributed by atoms with van der Waals surface area (Å²) in [4.78, 5) is 4.49. The van der Waals surface area contributed by atoms with E-state index in [-0.39, 0.29) is 18.4 Å². The van der Waals surface area contributed by atoms with E-state index < -0.39 is 11.6 Å². The SMILES string of the molecule is COc1cc(C2(C(F)(F)F)CC2)ccc1Nc1ccc2cccc(Cl)c2n1. The van der Waals surface area contributed by atoms with Gasteiger partial charge >= 0.3 is 6.18 Å². The highest BCUT2D eigenvalue weighted by atomic mass is 35.5. The van der Waals surface area contributed by atoms with Gasteiger partial charge in [0, 0.05) is 5.39 Å². The number of nitrogens with one attached hydrogen (secondary N) is 1. The molecule has 1 aliphatic rings. The van der Waals surface area contributed by atoms with Gasteiger partial charge in [-0.05, 0) is 48.7 Å². The molecular formula is C20H16ClF3N2O. The van der Waals surface area contributed by atoms with E-state index in [9.17, 15) is 13.2 Å². The van der Waals surface area contributed by atoms with Gasteiger partial charge in [0.05, 0.1) is 28.8 Å². The maximum atomic E-state index is 13.4. The summed E-state index contributed by atoms with van der Waals surface area (Å²) in [6, 6.07) is 13.7. The summed E-state index contributed by atoms with van der Waals surface area (Å²) in [6.07, 6.45) is -4.04. The van der Waals surface area contributed by atoms with E-state index in [0.29, 0.717) is 27.8 Å². The summed E-state index contributed by atoms with van der Waals surface area (Å²) in [5, 5.41) is 4.53. The predicted octanol–water partition coefficient (Wildman–Crippen LogP) is 6.23. The molecule has 2 aromatic carbocycles. The number of benzene rings is 2. The molecule has 140 valence electrons. The van der Waals surface area contributed by atoms with Crippen LogP contribution in [-0.2, 0) is 5.41 Å². The van der Waals surface area contributed by atoms with Crippen molar-refractivity contribution in [2.75, 3.05) is 12.4 Å². The van der Waals surface area contributed by atoms with Crippen molar-refractivity contribution in [3.63, 3.8) is 0 Å². The summed E-state index contributed by atoms with van der Waals surface area (Å²) in [6.45, 7) is 0. The number of nitrogens with zero attached hydrogens (tertiary/aromatic N) is 1. The molecule has 0 unspecified atom stereocenters. The molecule has 0 saturated heterocycles. The van der Waals surface area contributed by atoms with E-state index >= 15 is 0 Å². The van der Waals surface area contributed by atoms with Gasteiger partial charge in [-0.1, -0.05) is 29.8 Å². The number of halogens is 4. The number of anilines is 2. The van der Waals surface area contributed by atoms with Crippen molar-refractivity contribution in [2.45, 2.75) is 24.4 Å². The Morgan fingerprint density at radius 3 is 2.56 bits per heavy atom. The van der Waals surface area contributed by atoms with Crippen molar-refractivity contribution < 1.29 is 17.9 Å². The molecule has 1 aliphatic carbocycles. The lowest BCUT2D eigenvalue weighted by molar-refractivity contribution is -0.160. The van der Waals surface area contributed by atoms with Crippen LogP contribution in [0.15, 0.2) is 48.5 Å². The zero-order valence-corrected chi connectivity index (χ0v) is 15.2. The Labute approximate surface area is 159 Å². The van der Waals surface area contributed by atoms with Gasteiger partial charge in [-0.25, -0.2) is 4.98 Å². The number of para-hydroxylation sites is 1. The zero-order valence-electron chi connectivity index (χ0n) is 14.4. The molecule has 0 spiro atoms. The van der Waals surface area contributed by atoms with Crippen LogP contribution in [0, 0.1) is 0 Å². The van der Waals surface area contributed by atoms with Crippen molar-refractivity contribution >= 4 is 34.0 Å². The van der Waals surface area contributed by atoms with Crippen LogP contribution in [0.4, 0.5) is 24.7 Å². The van der Waals surface area contributed by atoms with Crippen LogP contribution < -0.4 is 10.1 Å². The summed E-state index contributed by atoms with van der Waals surface area (Å²) in [5.41, 5.74) is -0.327. The normalized spacial score (nSPS) is 15.6. The molecule has 1 N–H and O–H groups in total. The second kappa shape index (κ2) is 6.30.